The quantitative estimate of drug-likeness (QED) is 0.789. The first-order valence-corrected chi connectivity index (χ1v) is 6.82. The van der Waals surface area contributed by atoms with E-state index < -0.39 is 5.25 Å². The number of H-pyrrole nitrogens is 1. The van der Waals surface area contributed by atoms with E-state index in [-0.39, 0.29) is 24.2 Å². The van der Waals surface area contributed by atoms with Crippen LogP contribution in [0.1, 0.15) is 6.42 Å². The molecular weight excluding hydrogens is 278 g/mol. The van der Waals surface area contributed by atoms with Gasteiger partial charge >= 0.3 is 0 Å². The predicted octanol–water partition coefficient (Wildman–Crippen LogP) is 1.25. The van der Waals surface area contributed by atoms with Crippen LogP contribution >= 0.6 is 11.8 Å². The van der Waals surface area contributed by atoms with Crippen molar-refractivity contribution in [3.8, 4) is 0 Å². The summed E-state index contributed by atoms with van der Waals surface area (Å²) in [7, 11) is 0. The lowest BCUT2D eigenvalue weighted by atomic mass is 10.2. The summed E-state index contributed by atoms with van der Waals surface area (Å²) in [6, 6.07) is 7.51. The van der Waals surface area contributed by atoms with Crippen molar-refractivity contribution in [3.63, 3.8) is 0 Å². The van der Waals surface area contributed by atoms with Crippen molar-refractivity contribution in [2.24, 2.45) is 0 Å². The number of hydrogen-bond acceptors (Lipinski definition) is 5. The maximum atomic E-state index is 11.9. The number of rotatable bonds is 3. The molecule has 2 amide bonds. The van der Waals surface area contributed by atoms with Crippen molar-refractivity contribution in [2.75, 3.05) is 10.6 Å². The second kappa shape index (κ2) is 5.33. The molecule has 1 atom stereocenters. The van der Waals surface area contributed by atoms with Gasteiger partial charge in [-0.05, 0) is 12.1 Å². The Hall–Kier alpha value is -2.35. The molecule has 0 saturated carbocycles. The fraction of sp³-hybridized carbons (Fsp3) is 0.167. The van der Waals surface area contributed by atoms with Gasteiger partial charge in [0.05, 0.1) is 10.9 Å². The van der Waals surface area contributed by atoms with Crippen LogP contribution in [0, 0.1) is 0 Å². The second-order valence-electron chi connectivity index (χ2n) is 4.18. The van der Waals surface area contributed by atoms with Crippen molar-refractivity contribution in [1.29, 1.82) is 0 Å². The van der Waals surface area contributed by atoms with Crippen molar-refractivity contribution in [3.05, 3.63) is 30.6 Å². The number of aromatic amines is 1. The molecule has 1 aromatic carbocycles. The van der Waals surface area contributed by atoms with E-state index in [1.165, 1.54) is 18.1 Å². The first-order valence-electron chi connectivity index (χ1n) is 5.94. The predicted molar refractivity (Wildman–Crippen MR) is 74.3 cm³/mol. The smallest absolute Gasteiger partial charge is 0.238 e. The van der Waals surface area contributed by atoms with Crippen molar-refractivity contribution < 1.29 is 9.59 Å². The third-order valence-corrected chi connectivity index (χ3v) is 4.03. The molecule has 3 rings (SSSR count). The third kappa shape index (κ3) is 2.64. The molecule has 3 N–H and O–H groups in total. The van der Waals surface area contributed by atoms with E-state index in [1.54, 1.807) is 0 Å². The first-order chi connectivity index (χ1) is 9.72. The highest BCUT2D eigenvalue weighted by molar-refractivity contribution is 8.01. The van der Waals surface area contributed by atoms with E-state index in [0.717, 1.165) is 10.6 Å². The normalized spacial score (nSPS) is 17.2. The molecule has 0 radical (unpaired) electrons. The van der Waals surface area contributed by atoms with Gasteiger partial charge in [-0.25, -0.2) is 5.10 Å². The molecule has 102 valence electrons. The monoisotopic (exact) mass is 289 g/mol. The van der Waals surface area contributed by atoms with Crippen LogP contribution in [-0.4, -0.2) is 32.2 Å². The number of fused-ring (bicyclic) bond motifs is 1. The van der Waals surface area contributed by atoms with Crippen LogP contribution in [0.2, 0.25) is 0 Å². The van der Waals surface area contributed by atoms with Crippen LogP contribution in [0.3, 0.4) is 0 Å². The lowest BCUT2D eigenvalue weighted by Gasteiger charge is -2.23. The zero-order chi connectivity index (χ0) is 13.9. The topological polar surface area (TPSA) is 99.8 Å². The molecule has 1 aliphatic rings. The Morgan fingerprint density at radius 1 is 1.40 bits per heavy atom. The Morgan fingerprint density at radius 2 is 2.25 bits per heavy atom. The summed E-state index contributed by atoms with van der Waals surface area (Å²) in [4.78, 5) is 28.6. The molecule has 0 aliphatic carbocycles. The van der Waals surface area contributed by atoms with Crippen LogP contribution < -0.4 is 10.6 Å². The Balaban J connectivity index is 1.66. The van der Waals surface area contributed by atoms with Gasteiger partial charge in [0, 0.05) is 11.3 Å². The minimum absolute atomic E-state index is 0.0749. The molecule has 20 heavy (non-hydrogen) atoms. The van der Waals surface area contributed by atoms with Gasteiger partial charge in [-0.15, -0.1) is 11.8 Å². The number of aromatic nitrogens is 3. The SMILES string of the molecule is O=C(CC1Sc2ccccc2NC1=O)Nc1ncn[nH]1. The van der Waals surface area contributed by atoms with E-state index >= 15 is 0 Å². The molecule has 0 fully saturated rings. The number of carbonyl (C=O) groups excluding carboxylic acids is 2. The molecule has 2 heterocycles. The van der Waals surface area contributed by atoms with Crippen LogP contribution in [0.25, 0.3) is 0 Å². The van der Waals surface area contributed by atoms with Gasteiger partial charge in [0.1, 0.15) is 6.33 Å². The minimum Gasteiger partial charge on any atom is -0.324 e. The van der Waals surface area contributed by atoms with E-state index in [2.05, 4.69) is 25.8 Å². The number of thioether (sulfide) groups is 1. The fourth-order valence-corrected chi connectivity index (χ4v) is 2.95. The summed E-state index contributed by atoms with van der Waals surface area (Å²) in [5, 5.41) is 11.1. The summed E-state index contributed by atoms with van der Waals surface area (Å²) in [6.45, 7) is 0. The molecule has 8 heteroatoms. The van der Waals surface area contributed by atoms with E-state index in [4.69, 9.17) is 0 Å². The molecule has 2 aromatic rings. The van der Waals surface area contributed by atoms with E-state index in [0.29, 0.717) is 0 Å². The summed E-state index contributed by atoms with van der Waals surface area (Å²) >= 11 is 1.39. The van der Waals surface area contributed by atoms with Crippen LogP contribution in [0.5, 0.6) is 0 Å². The third-order valence-electron chi connectivity index (χ3n) is 2.75. The number of para-hydroxylation sites is 1. The first kappa shape index (κ1) is 12.7. The van der Waals surface area contributed by atoms with Crippen molar-refractivity contribution in [2.45, 2.75) is 16.6 Å². The lowest BCUT2D eigenvalue weighted by molar-refractivity contribution is -0.120. The number of anilines is 2. The van der Waals surface area contributed by atoms with Crippen molar-refractivity contribution >= 4 is 35.2 Å². The zero-order valence-corrected chi connectivity index (χ0v) is 11.1. The molecule has 7 nitrogen and oxygen atoms in total. The summed E-state index contributed by atoms with van der Waals surface area (Å²) in [5.74, 6) is -0.174. The van der Waals surface area contributed by atoms with Gasteiger partial charge in [-0.2, -0.15) is 10.1 Å². The zero-order valence-electron chi connectivity index (χ0n) is 10.3. The Bertz CT molecular complexity index is 643. The fourth-order valence-electron chi connectivity index (χ4n) is 1.84. The lowest BCUT2D eigenvalue weighted by Crippen LogP contribution is -2.32. The Morgan fingerprint density at radius 3 is 3.05 bits per heavy atom. The molecular formula is C12H11N5O2S. The highest BCUT2D eigenvalue weighted by Crippen LogP contribution is 2.36. The number of nitrogens with zero attached hydrogens (tertiary/aromatic N) is 2. The van der Waals surface area contributed by atoms with Gasteiger partial charge in [0.15, 0.2) is 0 Å². The summed E-state index contributed by atoms with van der Waals surface area (Å²) in [6.07, 6.45) is 1.37. The standard InChI is InChI=1S/C12H11N5O2S/c18-10(16-12-13-6-14-17-12)5-9-11(19)15-7-3-1-2-4-8(7)20-9/h1-4,6,9H,5H2,(H,15,19)(H2,13,14,16,17,18). The number of nitrogens with one attached hydrogen (secondary N) is 3. The highest BCUT2D eigenvalue weighted by atomic mass is 32.2. The Kier molecular flexibility index (Phi) is 3.38. The van der Waals surface area contributed by atoms with Crippen LogP contribution in [0.15, 0.2) is 35.5 Å². The highest BCUT2D eigenvalue weighted by Gasteiger charge is 2.28. The Labute approximate surface area is 118 Å². The largest absolute Gasteiger partial charge is 0.324 e. The number of carbonyl (C=O) groups is 2. The van der Waals surface area contributed by atoms with Crippen LogP contribution in [-0.2, 0) is 9.59 Å². The second-order valence-corrected chi connectivity index (χ2v) is 5.42. The van der Waals surface area contributed by atoms with Gasteiger partial charge in [-0.3, -0.25) is 14.9 Å². The number of hydrogen-bond donors (Lipinski definition) is 3. The van der Waals surface area contributed by atoms with Gasteiger partial charge in [-0.1, -0.05) is 12.1 Å². The molecule has 0 bridgehead atoms. The molecule has 0 saturated heterocycles. The van der Waals surface area contributed by atoms with Gasteiger partial charge < -0.3 is 5.32 Å². The summed E-state index contributed by atoms with van der Waals surface area (Å²) in [5.41, 5.74) is 0.786. The average molecular weight is 289 g/mol. The maximum absolute atomic E-state index is 11.9. The summed E-state index contributed by atoms with van der Waals surface area (Å²) < 4.78 is 0. The minimum atomic E-state index is -0.451. The number of amides is 2. The van der Waals surface area contributed by atoms with Crippen LogP contribution in [0.4, 0.5) is 11.6 Å². The van der Waals surface area contributed by atoms with E-state index in [1.807, 2.05) is 24.3 Å². The molecule has 0 spiro atoms. The number of benzene rings is 1. The van der Waals surface area contributed by atoms with E-state index in [9.17, 15) is 9.59 Å². The molecule has 1 aromatic heterocycles. The van der Waals surface area contributed by atoms with Gasteiger partial charge in [0.25, 0.3) is 0 Å². The average Bonchev–Trinajstić information content (AvgIpc) is 2.92. The molecule has 1 aliphatic heterocycles. The van der Waals surface area contributed by atoms with Crippen molar-refractivity contribution in [1.82, 2.24) is 15.2 Å². The molecule has 1 unspecified atom stereocenters. The maximum Gasteiger partial charge on any atom is 0.238 e. The van der Waals surface area contributed by atoms with Gasteiger partial charge in [0.2, 0.25) is 17.8 Å².